The van der Waals surface area contributed by atoms with Gasteiger partial charge >= 0.3 is 6.09 Å². The number of aromatic nitrogens is 2. The summed E-state index contributed by atoms with van der Waals surface area (Å²) in [7, 11) is 0. The van der Waals surface area contributed by atoms with E-state index in [2.05, 4.69) is 15.3 Å². The Morgan fingerprint density at radius 1 is 1.52 bits per heavy atom. The van der Waals surface area contributed by atoms with Crippen LogP contribution in [0.5, 0.6) is 0 Å². The van der Waals surface area contributed by atoms with E-state index in [1.807, 2.05) is 0 Å². The highest BCUT2D eigenvalue weighted by Gasteiger charge is 2.33. The molecule has 0 aliphatic carbocycles. The van der Waals surface area contributed by atoms with Gasteiger partial charge in [-0.2, -0.15) is 0 Å². The third-order valence-electron chi connectivity index (χ3n) is 3.12. The Kier molecular flexibility index (Phi) is 4.92. The molecule has 2 amide bonds. The maximum absolute atomic E-state index is 12.0. The van der Waals surface area contributed by atoms with Crippen LogP contribution >= 0.6 is 11.6 Å². The third-order valence-corrected chi connectivity index (χ3v) is 3.44. The van der Waals surface area contributed by atoms with Gasteiger partial charge in [-0.25, -0.2) is 9.78 Å². The highest BCUT2D eigenvalue weighted by atomic mass is 35.5. The van der Waals surface area contributed by atoms with Crippen molar-refractivity contribution in [3.63, 3.8) is 0 Å². The summed E-state index contributed by atoms with van der Waals surface area (Å²) in [5.74, 6) is -0.408. The van der Waals surface area contributed by atoms with Gasteiger partial charge in [-0.15, -0.1) is 0 Å². The second kappa shape index (κ2) is 6.68. The number of amides is 2. The predicted octanol–water partition coefficient (Wildman–Crippen LogP) is 0.513. The Morgan fingerprint density at radius 2 is 2.24 bits per heavy atom. The second-order valence-electron chi connectivity index (χ2n) is 4.62. The molecule has 1 saturated heterocycles. The van der Waals surface area contributed by atoms with Crippen LogP contribution < -0.4 is 5.32 Å². The Morgan fingerprint density at radius 3 is 2.90 bits per heavy atom. The molecule has 2 heterocycles. The number of ether oxygens (including phenoxy) is 1. The summed E-state index contributed by atoms with van der Waals surface area (Å²) in [5, 5.41) is 11.9. The van der Waals surface area contributed by atoms with Gasteiger partial charge in [-0.05, 0) is 6.92 Å². The van der Waals surface area contributed by atoms with Crippen LogP contribution in [0.25, 0.3) is 0 Å². The van der Waals surface area contributed by atoms with E-state index in [1.54, 1.807) is 6.92 Å². The van der Waals surface area contributed by atoms with Gasteiger partial charge in [0.25, 0.3) is 5.91 Å². The second-order valence-corrected chi connectivity index (χ2v) is 4.98. The largest absolute Gasteiger partial charge is 0.465 e. The van der Waals surface area contributed by atoms with E-state index in [4.69, 9.17) is 21.4 Å². The molecule has 0 saturated carbocycles. The first kappa shape index (κ1) is 15.5. The smallest absolute Gasteiger partial charge is 0.407 e. The van der Waals surface area contributed by atoms with Crippen LogP contribution in [-0.4, -0.2) is 57.3 Å². The van der Waals surface area contributed by atoms with Crippen LogP contribution in [0.4, 0.5) is 4.79 Å². The topological polar surface area (TPSA) is 105 Å². The SMILES string of the molecule is CC1COC(C(=O)NCc2nccnc2Cl)CN1C(=O)O. The minimum atomic E-state index is -1.07. The number of carbonyl (C=O) groups is 2. The first-order valence-electron chi connectivity index (χ1n) is 6.33. The van der Waals surface area contributed by atoms with Gasteiger partial charge in [0.1, 0.15) is 0 Å². The monoisotopic (exact) mass is 314 g/mol. The molecule has 2 unspecified atom stereocenters. The molecule has 0 aromatic carbocycles. The van der Waals surface area contributed by atoms with Crippen molar-refractivity contribution in [2.45, 2.75) is 25.6 Å². The zero-order valence-electron chi connectivity index (χ0n) is 11.3. The van der Waals surface area contributed by atoms with Gasteiger partial charge in [0.2, 0.25) is 0 Å². The lowest BCUT2D eigenvalue weighted by Gasteiger charge is -2.35. The molecule has 114 valence electrons. The van der Waals surface area contributed by atoms with Crippen molar-refractivity contribution in [3.05, 3.63) is 23.2 Å². The van der Waals surface area contributed by atoms with Crippen LogP contribution in [0, 0.1) is 0 Å². The molecule has 2 atom stereocenters. The highest BCUT2D eigenvalue weighted by Crippen LogP contribution is 2.13. The highest BCUT2D eigenvalue weighted by molar-refractivity contribution is 6.29. The molecule has 2 N–H and O–H groups in total. The van der Waals surface area contributed by atoms with E-state index in [9.17, 15) is 9.59 Å². The van der Waals surface area contributed by atoms with Gasteiger partial charge < -0.3 is 20.1 Å². The summed E-state index contributed by atoms with van der Waals surface area (Å²) >= 11 is 5.84. The van der Waals surface area contributed by atoms with Crippen LogP contribution in [0.3, 0.4) is 0 Å². The quantitative estimate of drug-likeness (QED) is 0.842. The van der Waals surface area contributed by atoms with Gasteiger partial charge in [-0.1, -0.05) is 11.6 Å². The number of halogens is 1. The summed E-state index contributed by atoms with van der Waals surface area (Å²) in [6.45, 7) is 2.00. The number of carbonyl (C=O) groups excluding carboxylic acids is 1. The first-order chi connectivity index (χ1) is 9.99. The molecule has 8 nitrogen and oxygen atoms in total. The average Bonchev–Trinajstić information content (AvgIpc) is 2.46. The lowest BCUT2D eigenvalue weighted by atomic mass is 10.2. The minimum absolute atomic E-state index is 0.00344. The molecule has 2 rings (SSSR count). The zero-order chi connectivity index (χ0) is 15.4. The molecule has 0 bridgehead atoms. The standard InChI is InChI=1S/C12H15ClN4O4/c1-7-6-21-9(5-17(7)12(19)20)11(18)16-4-8-10(13)15-3-2-14-8/h2-3,7,9H,4-6H2,1H3,(H,16,18)(H,19,20). The summed E-state index contributed by atoms with van der Waals surface area (Å²) in [6, 6.07) is -0.277. The number of hydrogen-bond donors (Lipinski definition) is 2. The van der Waals surface area contributed by atoms with Gasteiger partial charge in [0, 0.05) is 12.4 Å². The molecule has 1 aromatic heterocycles. The number of nitrogens with one attached hydrogen (secondary N) is 1. The fraction of sp³-hybridized carbons (Fsp3) is 0.500. The van der Waals surface area contributed by atoms with Gasteiger partial charge in [0.15, 0.2) is 11.3 Å². The first-order valence-corrected chi connectivity index (χ1v) is 6.71. The van der Waals surface area contributed by atoms with Gasteiger partial charge in [-0.3, -0.25) is 9.78 Å². The molecule has 1 aliphatic heterocycles. The zero-order valence-corrected chi connectivity index (χ0v) is 12.1. The van der Waals surface area contributed by atoms with Crippen molar-refractivity contribution in [2.75, 3.05) is 13.2 Å². The Labute approximate surface area is 126 Å². The number of morpholine rings is 1. The lowest BCUT2D eigenvalue weighted by Crippen LogP contribution is -2.55. The fourth-order valence-corrected chi connectivity index (χ4v) is 2.11. The van der Waals surface area contributed by atoms with E-state index in [0.29, 0.717) is 5.69 Å². The van der Waals surface area contributed by atoms with E-state index in [0.717, 1.165) is 0 Å². The summed E-state index contributed by atoms with van der Waals surface area (Å²) in [6.07, 6.45) is 1.01. The van der Waals surface area contributed by atoms with Gasteiger partial charge in [0.05, 0.1) is 31.4 Å². The predicted molar refractivity (Wildman–Crippen MR) is 72.8 cm³/mol. The number of hydrogen-bond acceptors (Lipinski definition) is 5. The van der Waals surface area contributed by atoms with E-state index in [-0.39, 0.29) is 30.9 Å². The maximum Gasteiger partial charge on any atom is 0.407 e. The average molecular weight is 315 g/mol. The van der Waals surface area contributed by atoms with Crippen LogP contribution in [-0.2, 0) is 16.1 Å². The van der Waals surface area contributed by atoms with Crippen molar-refractivity contribution in [1.29, 1.82) is 0 Å². The Bertz CT molecular complexity index is 542. The number of carboxylic acid groups (broad SMARTS) is 1. The summed E-state index contributed by atoms with van der Waals surface area (Å²) in [4.78, 5) is 32.1. The number of nitrogens with zero attached hydrogens (tertiary/aromatic N) is 3. The molecule has 1 fully saturated rings. The molecule has 1 aliphatic rings. The maximum atomic E-state index is 12.0. The molecule has 0 radical (unpaired) electrons. The molecular weight excluding hydrogens is 300 g/mol. The van der Waals surface area contributed by atoms with Crippen molar-refractivity contribution in [3.8, 4) is 0 Å². The van der Waals surface area contributed by atoms with E-state index >= 15 is 0 Å². The van der Waals surface area contributed by atoms with Crippen molar-refractivity contribution in [2.24, 2.45) is 0 Å². The normalized spacial score (nSPS) is 21.9. The third kappa shape index (κ3) is 3.79. The van der Waals surface area contributed by atoms with Crippen LogP contribution in [0.15, 0.2) is 12.4 Å². The van der Waals surface area contributed by atoms with Crippen molar-refractivity contribution in [1.82, 2.24) is 20.2 Å². The minimum Gasteiger partial charge on any atom is -0.465 e. The lowest BCUT2D eigenvalue weighted by molar-refractivity contribution is -0.140. The molecule has 9 heteroatoms. The van der Waals surface area contributed by atoms with E-state index < -0.39 is 18.1 Å². The Hall–Kier alpha value is -1.93. The Balaban J connectivity index is 1.92. The molecular formula is C12H15ClN4O4. The van der Waals surface area contributed by atoms with Crippen molar-refractivity contribution >= 4 is 23.6 Å². The summed E-state index contributed by atoms with van der Waals surface area (Å²) in [5.41, 5.74) is 0.437. The summed E-state index contributed by atoms with van der Waals surface area (Å²) < 4.78 is 5.37. The van der Waals surface area contributed by atoms with Crippen molar-refractivity contribution < 1.29 is 19.4 Å². The number of rotatable bonds is 3. The van der Waals surface area contributed by atoms with E-state index in [1.165, 1.54) is 17.3 Å². The fourth-order valence-electron chi connectivity index (χ4n) is 1.94. The molecule has 1 aromatic rings. The van der Waals surface area contributed by atoms with Crippen LogP contribution in [0.1, 0.15) is 12.6 Å². The molecule has 0 spiro atoms. The van der Waals surface area contributed by atoms with Crippen LogP contribution in [0.2, 0.25) is 5.15 Å². The molecule has 21 heavy (non-hydrogen) atoms.